The fourth-order valence-corrected chi connectivity index (χ4v) is 0.800. The number of carboxylic acids is 1. The zero-order valence-electron chi connectivity index (χ0n) is 8.62. The van der Waals surface area contributed by atoms with E-state index >= 15 is 0 Å². The van der Waals surface area contributed by atoms with E-state index in [0.29, 0.717) is 12.0 Å². The highest BCUT2D eigenvalue weighted by molar-refractivity contribution is 5.85. The van der Waals surface area contributed by atoms with Crippen LogP contribution in [0.25, 0.3) is 0 Å². The third-order valence-electron chi connectivity index (χ3n) is 1.60. The van der Waals surface area contributed by atoms with Gasteiger partial charge in [0.25, 0.3) is 0 Å². The molecule has 14 heavy (non-hydrogen) atoms. The summed E-state index contributed by atoms with van der Waals surface area (Å²) in [5, 5.41) is 15.2. The quantitative estimate of drug-likeness (QED) is 0.528. The molecular formula is C10H17O4. The smallest absolute Gasteiger partial charge is 0.414 e. The summed E-state index contributed by atoms with van der Waals surface area (Å²) in [6.45, 7) is 4.27. The highest BCUT2D eigenvalue weighted by Gasteiger charge is 1.96. The molecule has 0 aliphatic rings. The Kier molecular flexibility index (Phi) is 12.7. The van der Waals surface area contributed by atoms with Gasteiger partial charge >= 0.3 is 12.4 Å². The number of unbranched alkanes of at least 4 members (excludes halogenated alkanes) is 3. The van der Waals surface area contributed by atoms with E-state index in [2.05, 4.69) is 6.92 Å². The summed E-state index contributed by atoms with van der Waals surface area (Å²) in [7, 11) is 0. The summed E-state index contributed by atoms with van der Waals surface area (Å²) in [4.78, 5) is 18.5. The second-order valence-electron chi connectivity index (χ2n) is 2.78. The Morgan fingerprint density at radius 1 is 1.43 bits per heavy atom. The minimum Gasteiger partial charge on any atom is -0.478 e. The fraction of sp³-hybridized carbons (Fsp3) is 0.600. The molecule has 0 saturated heterocycles. The normalized spacial score (nSPS) is 10.0. The minimum atomic E-state index is -0.804. The Hall–Kier alpha value is -1.32. The second kappa shape index (κ2) is 11.7. The van der Waals surface area contributed by atoms with Crippen molar-refractivity contribution in [1.29, 1.82) is 0 Å². The van der Waals surface area contributed by atoms with Gasteiger partial charge in [-0.3, -0.25) is 0 Å². The highest BCUT2D eigenvalue weighted by atomic mass is 16.4. The first-order valence-corrected chi connectivity index (χ1v) is 4.51. The first kappa shape index (κ1) is 15.2. The van der Waals surface area contributed by atoms with E-state index in [-0.39, 0.29) is 0 Å². The van der Waals surface area contributed by atoms with Crippen molar-refractivity contribution in [3.05, 3.63) is 11.6 Å². The van der Waals surface area contributed by atoms with Gasteiger partial charge in [0.1, 0.15) is 0 Å². The van der Waals surface area contributed by atoms with Crippen molar-refractivity contribution in [3.8, 4) is 0 Å². The minimum absolute atomic E-state index is 0.459. The summed E-state index contributed by atoms with van der Waals surface area (Å²) in [6, 6.07) is 0. The Morgan fingerprint density at radius 2 is 1.93 bits per heavy atom. The fourth-order valence-electron chi connectivity index (χ4n) is 0.800. The molecule has 4 nitrogen and oxygen atoms in total. The molecule has 4 heteroatoms. The zero-order chi connectivity index (χ0) is 11.4. The molecule has 2 N–H and O–H groups in total. The van der Waals surface area contributed by atoms with E-state index in [1.807, 2.05) is 0 Å². The van der Waals surface area contributed by atoms with Gasteiger partial charge in [0.2, 0.25) is 0 Å². The predicted molar refractivity (Wildman–Crippen MR) is 53.9 cm³/mol. The maximum absolute atomic E-state index is 10.3. The Labute approximate surface area is 84.3 Å². The molecule has 0 amide bonds. The molecule has 0 bridgehead atoms. The van der Waals surface area contributed by atoms with E-state index in [0.717, 1.165) is 12.8 Å². The third-order valence-corrected chi connectivity index (χ3v) is 1.60. The SMILES string of the molecule is CCCCCC=C(C)C(=O)O.O=[C]O. The second-order valence-corrected chi connectivity index (χ2v) is 2.78. The Balaban J connectivity index is 0. The van der Waals surface area contributed by atoms with Crippen LogP contribution < -0.4 is 0 Å². The van der Waals surface area contributed by atoms with E-state index in [1.54, 1.807) is 13.0 Å². The topological polar surface area (TPSA) is 74.6 Å². The molecule has 0 aromatic carbocycles. The molecular weight excluding hydrogens is 184 g/mol. The standard InChI is InChI=1S/C9H16O2.CHO2/c1-3-4-5-6-7-8(2)9(10)11;2-1-3/h7H,3-6H2,1-2H3,(H,10,11);(H,2,3). The molecule has 0 fully saturated rings. The summed E-state index contributed by atoms with van der Waals surface area (Å²) in [5.41, 5.74) is 0.459. The van der Waals surface area contributed by atoms with Crippen LogP contribution in [0.15, 0.2) is 11.6 Å². The van der Waals surface area contributed by atoms with Gasteiger partial charge in [0.05, 0.1) is 0 Å². The van der Waals surface area contributed by atoms with Crippen molar-refractivity contribution < 1.29 is 19.8 Å². The number of aliphatic hydroxyl groups excluding tert-OH is 1. The molecule has 1 radical (unpaired) electrons. The highest BCUT2D eigenvalue weighted by Crippen LogP contribution is 2.02. The summed E-state index contributed by atoms with van der Waals surface area (Å²) >= 11 is 0. The molecule has 0 heterocycles. The predicted octanol–water partition coefficient (Wildman–Crippen LogP) is 2.21. The molecule has 0 saturated carbocycles. The summed E-state index contributed by atoms with van der Waals surface area (Å²) < 4.78 is 0. The first-order valence-electron chi connectivity index (χ1n) is 4.51. The molecule has 81 valence electrons. The number of rotatable bonds is 5. The van der Waals surface area contributed by atoms with E-state index in [1.165, 1.54) is 12.8 Å². The van der Waals surface area contributed by atoms with Crippen molar-refractivity contribution in [2.45, 2.75) is 39.5 Å². The Morgan fingerprint density at radius 3 is 2.29 bits per heavy atom. The van der Waals surface area contributed by atoms with Crippen LogP contribution in [0.4, 0.5) is 0 Å². The van der Waals surface area contributed by atoms with Gasteiger partial charge in [0, 0.05) is 5.57 Å². The van der Waals surface area contributed by atoms with Crippen LogP contribution in [-0.4, -0.2) is 22.7 Å². The maximum Gasteiger partial charge on any atom is 0.414 e. The molecule has 0 aromatic rings. The monoisotopic (exact) mass is 201 g/mol. The van der Waals surface area contributed by atoms with Crippen LogP contribution >= 0.6 is 0 Å². The Bertz CT molecular complexity index is 185. The largest absolute Gasteiger partial charge is 0.478 e. The molecule has 0 unspecified atom stereocenters. The van der Waals surface area contributed by atoms with Gasteiger partial charge < -0.3 is 10.2 Å². The lowest BCUT2D eigenvalue weighted by Crippen LogP contribution is -1.95. The molecule has 0 aliphatic carbocycles. The zero-order valence-corrected chi connectivity index (χ0v) is 8.62. The van der Waals surface area contributed by atoms with Crippen molar-refractivity contribution in [1.82, 2.24) is 0 Å². The molecule has 0 aromatic heterocycles. The van der Waals surface area contributed by atoms with Crippen LogP contribution in [0.2, 0.25) is 0 Å². The summed E-state index contributed by atoms with van der Waals surface area (Å²) in [6.07, 6.45) is 6.15. The molecule has 0 aliphatic heterocycles. The molecule has 0 rings (SSSR count). The van der Waals surface area contributed by atoms with Crippen molar-refractivity contribution >= 4 is 12.4 Å². The lowest BCUT2D eigenvalue weighted by Gasteiger charge is -1.93. The van der Waals surface area contributed by atoms with E-state index < -0.39 is 5.97 Å². The van der Waals surface area contributed by atoms with Gasteiger partial charge in [-0.05, 0) is 19.8 Å². The summed E-state index contributed by atoms with van der Waals surface area (Å²) in [5.74, 6) is -0.804. The first-order chi connectivity index (χ1) is 6.59. The third kappa shape index (κ3) is 13.3. The van der Waals surface area contributed by atoms with Gasteiger partial charge in [-0.15, -0.1) is 0 Å². The van der Waals surface area contributed by atoms with Gasteiger partial charge in [-0.25, -0.2) is 9.59 Å². The number of carbonyl (C=O) groups is 1. The van der Waals surface area contributed by atoms with E-state index in [9.17, 15) is 4.79 Å². The lowest BCUT2D eigenvalue weighted by atomic mass is 10.1. The van der Waals surface area contributed by atoms with Gasteiger partial charge in [-0.1, -0.05) is 25.8 Å². The molecule has 0 spiro atoms. The maximum atomic E-state index is 10.3. The van der Waals surface area contributed by atoms with Crippen LogP contribution in [0.3, 0.4) is 0 Å². The number of aliphatic carboxylic acids is 1. The van der Waals surface area contributed by atoms with Crippen LogP contribution in [0.1, 0.15) is 39.5 Å². The number of carboxylic acid groups (broad SMARTS) is 1. The average molecular weight is 201 g/mol. The van der Waals surface area contributed by atoms with Gasteiger partial charge in [0.15, 0.2) is 0 Å². The van der Waals surface area contributed by atoms with Crippen molar-refractivity contribution in [3.63, 3.8) is 0 Å². The molecule has 0 atom stereocenters. The van der Waals surface area contributed by atoms with E-state index in [4.69, 9.17) is 15.0 Å². The number of allylic oxidation sites excluding steroid dienone is 1. The van der Waals surface area contributed by atoms with Crippen molar-refractivity contribution in [2.24, 2.45) is 0 Å². The lowest BCUT2D eigenvalue weighted by molar-refractivity contribution is -0.132. The van der Waals surface area contributed by atoms with Crippen LogP contribution in [0.5, 0.6) is 0 Å². The van der Waals surface area contributed by atoms with Gasteiger partial charge in [-0.2, -0.15) is 0 Å². The van der Waals surface area contributed by atoms with Crippen LogP contribution in [-0.2, 0) is 9.59 Å². The average Bonchev–Trinajstić information content (AvgIpc) is 2.13. The van der Waals surface area contributed by atoms with Crippen molar-refractivity contribution in [2.75, 3.05) is 0 Å². The number of hydrogen-bond donors (Lipinski definition) is 2. The van der Waals surface area contributed by atoms with Crippen LogP contribution in [0, 0.1) is 0 Å². The number of hydrogen-bond acceptors (Lipinski definition) is 2.